The first-order valence-electron chi connectivity index (χ1n) is 5.85. The number of nitrogens with zero attached hydrogens (tertiary/aromatic N) is 2. The Morgan fingerprint density at radius 1 is 1.37 bits per heavy atom. The summed E-state index contributed by atoms with van der Waals surface area (Å²) in [6, 6.07) is 4.62. The molecule has 1 N–H and O–H groups in total. The van der Waals surface area contributed by atoms with Gasteiger partial charge >= 0.3 is 0 Å². The second-order valence-electron chi connectivity index (χ2n) is 4.29. The fourth-order valence-corrected chi connectivity index (χ4v) is 2.74. The predicted octanol–water partition coefficient (Wildman–Crippen LogP) is 3.65. The molecule has 98 valence electrons. The minimum atomic E-state index is -0.268. The van der Waals surface area contributed by atoms with Crippen LogP contribution in [0.1, 0.15) is 17.0 Å². The molecule has 0 aliphatic rings. The van der Waals surface area contributed by atoms with Crippen LogP contribution < -0.4 is 5.32 Å². The van der Waals surface area contributed by atoms with Crippen molar-refractivity contribution in [2.45, 2.75) is 20.4 Å². The van der Waals surface area contributed by atoms with E-state index < -0.39 is 0 Å². The zero-order valence-electron chi connectivity index (χ0n) is 10.5. The smallest absolute Gasteiger partial charge is 0.184 e. The topological polar surface area (TPSA) is 51.0 Å². The summed E-state index contributed by atoms with van der Waals surface area (Å²) in [5.41, 5.74) is 2.58. The van der Waals surface area contributed by atoms with Gasteiger partial charge in [0.25, 0.3) is 0 Å². The predicted molar refractivity (Wildman–Crippen MR) is 72.9 cm³/mol. The molecule has 0 saturated heterocycles. The second kappa shape index (κ2) is 4.62. The van der Waals surface area contributed by atoms with Crippen molar-refractivity contribution >= 4 is 26.7 Å². The standard InChI is InChI=1S/C13H12FN3OS/c1-7-10(8(2)18-17-7)6-15-13-16-11-5-9(14)3-4-12(11)19-13/h3-5H,6H2,1-2H3,(H,15,16). The molecular weight excluding hydrogens is 265 g/mol. The van der Waals surface area contributed by atoms with Crippen molar-refractivity contribution in [1.29, 1.82) is 0 Å². The van der Waals surface area contributed by atoms with Gasteiger partial charge < -0.3 is 9.84 Å². The summed E-state index contributed by atoms with van der Waals surface area (Å²) in [5.74, 6) is 0.534. The Labute approximate surface area is 113 Å². The van der Waals surface area contributed by atoms with E-state index in [1.807, 2.05) is 13.8 Å². The third-order valence-corrected chi connectivity index (χ3v) is 3.94. The van der Waals surface area contributed by atoms with E-state index in [-0.39, 0.29) is 5.82 Å². The first kappa shape index (κ1) is 12.1. The van der Waals surface area contributed by atoms with Crippen LogP contribution >= 0.6 is 11.3 Å². The lowest BCUT2D eigenvalue weighted by Crippen LogP contribution is -2.00. The Morgan fingerprint density at radius 2 is 2.21 bits per heavy atom. The lowest BCUT2D eigenvalue weighted by Gasteiger charge is -2.00. The monoisotopic (exact) mass is 277 g/mol. The number of hydrogen-bond acceptors (Lipinski definition) is 5. The van der Waals surface area contributed by atoms with Crippen molar-refractivity contribution in [3.05, 3.63) is 41.0 Å². The molecular formula is C13H12FN3OS. The molecule has 0 saturated carbocycles. The zero-order valence-corrected chi connectivity index (χ0v) is 11.3. The van der Waals surface area contributed by atoms with Gasteiger partial charge in [-0.3, -0.25) is 0 Å². The molecule has 0 radical (unpaired) electrons. The van der Waals surface area contributed by atoms with Crippen LogP contribution in [0.4, 0.5) is 9.52 Å². The Morgan fingerprint density at radius 3 is 2.95 bits per heavy atom. The van der Waals surface area contributed by atoms with Gasteiger partial charge in [0.1, 0.15) is 11.6 Å². The minimum Gasteiger partial charge on any atom is -0.361 e. The number of anilines is 1. The summed E-state index contributed by atoms with van der Waals surface area (Å²) in [7, 11) is 0. The van der Waals surface area contributed by atoms with Crippen molar-refractivity contribution in [3.63, 3.8) is 0 Å². The van der Waals surface area contributed by atoms with Gasteiger partial charge in [-0.15, -0.1) is 0 Å². The van der Waals surface area contributed by atoms with Crippen molar-refractivity contribution < 1.29 is 8.91 Å². The third-order valence-electron chi connectivity index (χ3n) is 2.95. The number of benzene rings is 1. The molecule has 0 unspecified atom stereocenters. The highest BCUT2D eigenvalue weighted by molar-refractivity contribution is 7.22. The maximum Gasteiger partial charge on any atom is 0.184 e. The summed E-state index contributed by atoms with van der Waals surface area (Å²) < 4.78 is 19.1. The molecule has 0 fully saturated rings. The summed E-state index contributed by atoms with van der Waals surface area (Å²) in [5, 5.41) is 7.89. The summed E-state index contributed by atoms with van der Waals surface area (Å²) in [6.07, 6.45) is 0. The van der Waals surface area contributed by atoms with Crippen LogP contribution in [0.5, 0.6) is 0 Å². The molecule has 3 aromatic rings. The van der Waals surface area contributed by atoms with Crippen LogP contribution in [-0.4, -0.2) is 10.1 Å². The Bertz CT molecular complexity index is 715. The first-order valence-corrected chi connectivity index (χ1v) is 6.67. The lowest BCUT2D eigenvalue weighted by atomic mass is 10.2. The highest BCUT2D eigenvalue weighted by Crippen LogP contribution is 2.27. The van der Waals surface area contributed by atoms with Crippen molar-refractivity contribution in [2.75, 3.05) is 5.32 Å². The van der Waals surface area contributed by atoms with Gasteiger partial charge in [-0.05, 0) is 26.0 Å². The van der Waals surface area contributed by atoms with Crippen LogP contribution in [0.3, 0.4) is 0 Å². The van der Waals surface area contributed by atoms with Gasteiger partial charge in [-0.2, -0.15) is 0 Å². The van der Waals surface area contributed by atoms with Crippen LogP contribution in [0.2, 0.25) is 0 Å². The third kappa shape index (κ3) is 2.31. The largest absolute Gasteiger partial charge is 0.361 e. The molecule has 0 spiro atoms. The van der Waals surface area contributed by atoms with Gasteiger partial charge in [0, 0.05) is 18.2 Å². The molecule has 3 rings (SSSR count). The number of halogens is 1. The van der Waals surface area contributed by atoms with Crippen LogP contribution in [0.25, 0.3) is 10.2 Å². The van der Waals surface area contributed by atoms with Gasteiger partial charge in [0.15, 0.2) is 5.13 Å². The van der Waals surface area contributed by atoms with E-state index in [4.69, 9.17) is 4.52 Å². The zero-order chi connectivity index (χ0) is 13.4. The van der Waals surface area contributed by atoms with E-state index in [0.717, 1.165) is 26.8 Å². The van der Waals surface area contributed by atoms with Crippen molar-refractivity contribution in [3.8, 4) is 0 Å². The Kier molecular flexibility index (Phi) is 2.94. The van der Waals surface area contributed by atoms with Crippen LogP contribution in [0.15, 0.2) is 22.7 Å². The lowest BCUT2D eigenvalue weighted by molar-refractivity contribution is 0.392. The molecule has 0 aliphatic carbocycles. The second-order valence-corrected chi connectivity index (χ2v) is 5.32. The molecule has 0 bridgehead atoms. The van der Waals surface area contributed by atoms with Gasteiger partial charge in [-0.25, -0.2) is 9.37 Å². The fourth-order valence-electron chi connectivity index (χ4n) is 1.89. The van der Waals surface area contributed by atoms with Crippen molar-refractivity contribution in [2.24, 2.45) is 0 Å². The summed E-state index contributed by atoms with van der Waals surface area (Å²) in [6.45, 7) is 4.38. The number of thiazole rings is 1. The Balaban J connectivity index is 1.82. The van der Waals surface area contributed by atoms with E-state index >= 15 is 0 Å². The molecule has 19 heavy (non-hydrogen) atoms. The maximum absolute atomic E-state index is 13.1. The average Bonchev–Trinajstić information content (AvgIpc) is 2.91. The highest BCUT2D eigenvalue weighted by Gasteiger charge is 2.10. The van der Waals surface area contributed by atoms with Gasteiger partial charge in [0.05, 0.1) is 15.9 Å². The number of aryl methyl sites for hydroxylation is 2. The molecule has 1 aromatic carbocycles. The van der Waals surface area contributed by atoms with Gasteiger partial charge in [-0.1, -0.05) is 16.5 Å². The number of fused-ring (bicyclic) bond motifs is 1. The summed E-state index contributed by atoms with van der Waals surface area (Å²) in [4.78, 5) is 4.35. The maximum atomic E-state index is 13.1. The molecule has 0 amide bonds. The van der Waals surface area contributed by atoms with Crippen LogP contribution in [0, 0.1) is 19.7 Å². The molecule has 0 atom stereocenters. The van der Waals surface area contributed by atoms with E-state index in [1.165, 1.54) is 23.5 Å². The first-order chi connectivity index (χ1) is 9.13. The number of rotatable bonds is 3. The average molecular weight is 277 g/mol. The quantitative estimate of drug-likeness (QED) is 0.794. The van der Waals surface area contributed by atoms with E-state index in [0.29, 0.717) is 12.1 Å². The Hall–Kier alpha value is -1.95. The van der Waals surface area contributed by atoms with Crippen LogP contribution in [-0.2, 0) is 6.54 Å². The minimum absolute atomic E-state index is 0.268. The highest BCUT2D eigenvalue weighted by atomic mass is 32.1. The number of nitrogens with one attached hydrogen (secondary N) is 1. The van der Waals surface area contributed by atoms with Gasteiger partial charge in [0.2, 0.25) is 0 Å². The number of hydrogen-bond donors (Lipinski definition) is 1. The summed E-state index contributed by atoms with van der Waals surface area (Å²) >= 11 is 1.50. The molecule has 4 nitrogen and oxygen atoms in total. The van der Waals surface area contributed by atoms with Crippen molar-refractivity contribution in [1.82, 2.24) is 10.1 Å². The number of aromatic nitrogens is 2. The molecule has 6 heteroatoms. The van der Waals surface area contributed by atoms with E-state index in [9.17, 15) is 4.39 Å². The molecule has 2 aromatic heterocycles. The SMILES string of the molecule is Cc1noc(C)c1CNc1nc2cc(F)ccc2s1. The van der Waals surface area contributed by atoms with E-state index in [2.05, 4.69) is 15.5 Å². The van der Waals surface area contributed by atoms with E-state index in [1.54, 1.807) is 6.07 Å². The molecule has 2 heterocycles. The normalized spacial score (nSPS) is 11.1. The fraction of sp³-hybridized carbons (Fsp3) is 0.231. The molecule has 0 aliphatic heterocycles.